The van der Waals surface area contributed by atoms with Gasteiger partial charge in [-0.1, -0.05) is 41.9 Å². The maximum absolute atomic E-state index is 5.97. The lowest BCUT2D eigenvalue weighted by molar-refractivity contribution is 0.363. The van der Waals surface area contributed by atoms with Crippen molar-refractivity contribution in [1.82, 2.24) is 0 Å². The highest BCUT2D eigenvalue weighted by molar-refractivity contribution is 6.32. The van der Waals surface area contributed by atoms with Gasteiger partial charge in [-0.15, -0.1) is 0 Å². The predicted molar refractivity (Wildman–Crippen MR) is 75.9 cm³/mol. The Kier molecular flexibility index (Phi) is 2.09. The second-order valence-electron chi connectivity index (χ2n) is 4.52. The minimum Gasteiger partial charge on any atom is -0.450 e. The third kappa shape index (κ3) is 1.59. The van der Waals surface area contributed by atoms with Crippen LogP contribution in [-0.4, -0.2) is 7.85 Å². The number of hydrogen-bond donors (Lipinski definition) is 0. The second kappa shape index (κ2) is 3.79. The highest BCUT2D eigenvalue weighted by Gasteiger charge is 2.20. The highest BCUT2D eigenvalue weighted by atomic mass is 16.6. The number of fused-ring (bicyclic) bond motifs is 4. The van der Waals surface area contributed by atoms with Crippen LogP contribution in [0.4, 0.5) is 0 Å². The van der Waals surface area contributed by atoms with Crippen LogP contribution < -0.4 is 14.9 Å². The van der Waals surface area contributed by atoms with E-state index in [2.05, 4.69) is 6.07 Å². The predicted octanol–water partition coefficient (Wildman–Crippen LogP) is 3.53. The SMILES string of the molecule is [B]c1ccc2c(c1)Oc1ccc3ccccc3c1O2. The van der Waals surface area contributed by atoms with Gasteiger partial charge in [-0.2, -0.15) is 0 Å². The van der Waals surface area contributed by atoms with Crippen LogP contribution in [0, 0.1) is 0 Å². The minimum atomic E-state index is 0.655. The van der Waals surface area contributed by atoms with Crippen LogP contribution in [0.5, 0.6) is 23.0 Å². The monoisotopic (exact) mass is 244 g/mol. The molecule has 1 heterocycles. The molecule has 2 radical (unpaired) electrons. The molecule has 3 heteroatoms. The molecule has 0 aliphatic carbocycles. The topological polar surface area (TPSA) is 18.5 Å². The quantitative estimate of drug-likeness (QED) is 0.440. The Morgan fingerprint density at radius 1 is 0.737 bits per heavy atom. The molecule has 0 bridgehead atoms. The normalized spacial score (nSPS) is 12.2. The van der Waals surface area contributed by atoms with E-state index in [4.69, 9.17) is 17.3 Å². The van der Waals surface area contributed by atoms with Gasteiger partial charge in [-0.05, 0) is 23.6 Å². The Morgan fingerprint density at radius 2 is 1.58 bits per heavy atom. The summed E-state index contributed by atoms with van der Waals surface area (Å²) in [5, 5.41) is 2.17. The summed E-state index contributed by atoms with van der Waals surface area (Å²) in [6.07, 6.45) is 0. The van der Waals surface area contributed by atoms with Crippen molar-refractivity contribution >= 4 is 24.1 Å². The van der Waals surface area contributed by atoms with Gasteiger partial charge in [0, 0.05) is 5.39 Å². The number of rotatable bonds is 0. The molecule has 0 spiro atoms. The first-order chi connectivity index (χ1) is 9.31. The van der Waals surface area contributed by atoms with Crippen LogP contribution in [0.25, 0.3) is 10.8 Å². The zero-order valence-corrected chi connectivity index (χ0v) is 10.1. The molecule has 0 N–H and O–H groups in total. The molecule has 0 amide bonds. The average Bonchev–Trinajstić information content (AvgIpc) is 2.45. The van der Waals surface area contributed by atoms with E-state index in [1.165, 1.54) is 0 Å². The smallest absolute Gasteiger partial charge is 0.177 e. The van der Waals surface area contributed by atoms with E-state index in [1.54, 1.807) is 12.1 Å². The summed E-state index contributed by atoms with van der Waals surface area (Å²) < 4.78 is 11.8. The van der Waals surface area contributed by atoms with Crippen molar-refractivity contribution in [3.8, 4) is 23.0 Å². The van der Waals surface area contributed by atoms with E-state index in [0.717, 1.165) is 22.3 Å². The molecule has 4 rings (SSSR count). The molecule has 0 aromatic heterocycles. The highest BCUT2D eigenvalue weighted by Crippen LogP contribution is 2.47. The van der Waals surface area contributed by atoms with E-state index in [-0.39, 0.29) is 0 Å². The Morgan fingerprint density at radius 3 is 2.53 bits per heavy atom. The first kappa shape index (κ1) is 10.5. The van der Waals surface area contributed by atoms with E-state index < -0.39 is 0 Å². The molecule has 0 fully saturated rings. The molecule has 19 heavy (non-hydrogen) atoms. The van der Waals surface area contributed by atoms with Gasteiger partial charge in [0.05, 0.1) is 0 Å². The van der Waals surface area contributed by atoms with Gasteiger partial charge >= 0.3 is 0 Å². The van der Waals surface area contributed by atoms with Crippen LogP contribution in [0.1, 0.15) is 0 Å². The number of hydrogen-bond acceptors (Lipinski definition) is 2. The summed E-state index contributed by atoms with van der Waals surface area (Å²) in [5.74, 6) is 2.83. The van der Waals surface area contributed by atoms with Gasteiger partial charge in [-0.25, -0.2) is 0 Å². The summed E-state index contributed by atoms with van der Waals surface area (Å²) in [7, 11) is 5.76. The molecule has 3 aromatic carbocycles. The van der Waals surface area contributed by atoms with Crippen molar-refractivity contribution in [1.29, 1.82) is 0 Å². The van der Waals surface area contributed by atoms with Crippen molar-refractivity contribution in [2.75, 3.05) is 0 Å². The molecule has 1 aliphatic rings. The van der Waals surface area contributed by atoms with Crippen LogP contribution in [0.2, 0.25) is 0 Å². The lowest BCUT2D eigenvalue weighted by Gasteiger charge is -2.22. The maximum atomic E-state index is 5.97. The first-order valence-corrected chi connectivity index (χ1v) is 6.08. The summed E-state index contributed by atoms with van der Waals surface area (Å²) in [5.41, 5.74) is 0.659. The van der Waals surface area contributed by atoms with Crippen LogP contribution in [-0.2, 0) is 0 Å². The Hall–Kier alpha value is -2.42. The lowest BCUT2D eigenvalue weighted by atomic mass is 9.96. The largest absolute Gasteiger partial charge is 0.450 e. The van der Waals surface area contributed by atoms with E-state index >= 15 is 0 Å². The van der Waals surface area contributed by atoms with Gasteiger partial charge in [0.1, 0.15) is 7.85 Å². The molecule has 0 saturated heterocycles. The molecule has 2 nitrogen and oxygen atoms in total. The third-order valence-corrected chi connectivity index (χ3v) is 3.24. The average molecular weight is 244 g/mol. The minimum absolute atomic E-state index is 0.655. The van der Waals surface area contributed by atoms with Crippen LogP contribution >= 0.6 is 0 Å². The Bertz CT molecular complexity index is 796. The molecule has 0 saturated carbocycles. The second-order valence-corrected chi connectivity index (χ2v) is 4.52. The first-order valence-electron chi connectivity index (χ1n) is 6.08. The van der Waals surface area contributed by atoms with Gasteiger partial charge < -0.3 is 9.47 Å². The summed E-state index contributed by atoms with van der Waals surface area (Å²) in [6.45, 7) is 0. The Labute approximate surface area is 112 Å². The van der Waals surface area contributed by atoms with Crippen molar-refractivity contribution in [2.24, 2.45) is 0 Å². The fourth-order valence-corrected chi connectivity index (χ4v) is 2.33. The number of ether oxygens (including phenoxy) is 2. The van der Waals surface area contributed by atoms with Crippen LogP contribution in [0.3, 0.4) is 0 Å². The Balaban J connectivity index is 1.94. The zero-order chi connectivity index (χ0) is 12.8. The standard InChI is InChI=1S/C16H9BO2/c17-11-6-8-13-15(9-11)18-14-7-5-10-3-1-2-4-12(10)16(14)19-13/h1-9H. The lowest BCUT2D eigenvalue weighted by Crippen LogP contribution is -2.06. The molecule has 0 unspecified atom stereocenters. The molecule has 1 aliphatic heterocycles. The zero-order valence-electron chi connectivity index (χ0n) is 10.1. The van der Waals surface area contributed by atoms with Gasteiger partial charge in [-0.3, -0.25) is 0 Å². The van der Waals surface area contributed by atoms with Gasteiger partial charge in [0.15, 0.2) is 23.0 Å². The number of benzene rings is 3. The van der Waals surface area contributed by atoms with Gasteiger partial charge in [0.2, 0.25) is 0 Å². The van der Waals surface area contributed by atoms with E-state index in [0.29, 0.717) is 17.0 Å². The van der Waals surface area contributed by atoms with Crippen molar-refractivity contribution in [3.63, 3.8) is 0 Å². The third-order valence-electron chi connectivity index (χ3n) is 3.24. The summed E-state index contributed by atoms with van der Waals surface area (Å²) in [4.78, 5) is 0. The summed E-state index contributed by atoms with van der Waals surface area (Å²) >= 11 is 0. The maximum Gasteiger partial charge on any atom is 0.177 e. The molecule has 88 valence electrons. The van der Waals surface area contributed by atoms with E-state index in [9.17, 15) is 0 Å². The van der Waals surface area contributed by atoms with Crippen molar-refractivity contribution < 1.29 is 9.47 Å². The fourth-order valence-electron chi connectivity index (χ4n) is 2.33. The fraction of sp³-hybridized carbons (Fsp3) is 0. The molecular weight excluding hydrogens is 235 g/mol. The van der Waals surface area contributed by atoms with Gasteiger partial charge in [0.25, 0.3) is 0 Å². The molecule has 3 aromatic rings. The van der Waals surface area contributed by atoms with E-state index in [1.807, 2.05) is 36.4 Å². The summed E-state index contributed by atoms with van der Waals surface area (Å²) in [6, 6.07) is 17.4. The molecule has 0 atom stereocenters. The van der Waals surface area contributed by atoms with Crippen molar-refractivity contribution in [2.45, 2.75) is 0 Å². The molecular formula is C16H9BO2. The van der Waals surface area contributed by atoms with Crippen molar-refractivity contribution in [3.05, 3.63) is 54.6 Å². The van der Waals surface area contributed by atoms with Crippen LogP contribution in [0.15, 0.2) is 54.6 Å².